The Kier molecular flexibility index (Phi) is 4.25. The van der Waals surface area contributed by atoms with Gasteiger partial charge in [-0.05, 0) is 31.4 Å². The number of fused-ring (bicyclic) bond motifs is 1. The summed E-state index contributed by atoms with van der Waals surface area (Å²) >= 11 is 6.19. The largest absolute Gasteiger partial charge is 0.384 e. The maximum Gasteiger partial charge on any atom is 0.126 e. The molecule has 1 aromatic carbocycles. The molecule has 0 spiro atoms. The van der Waals surface area contributed by atoms with Crippen LogP contribution in [0.2, 0.25) is 5.02 Å². The quantitative estimate of drug-likeness (QED) is 0.876. The lowest BCUT2D eigenvalue weighted by atomic mass is 10.0. The number of aromatic nitrogens is 1. The summed E-state index contributed by atoms with van der Waals surface area (Å²) in [4.78, 5) is 4.52. The minimum atomic E-state index is -0.350. The Hall–Kier alpha value is -1.35. The molecule has 2 aromatic rings. The van der Waals surface area contributed by atoms with Crippen LogP contribution in [-0.2, 0) is 6.42 Å². The van der Waals surface area contributed by atoms with E-state index in [1.165, 1.54) is 12.1 Å². The molecule has 0 saturated heterocycles. The van der Waals surface area contributed by atoms with Gasteiger partial charge in [-0.25, -0.2) is 4.39 Å². The lowest BCUT2D eigenvalue weighted by Crippen LogP contribution is -2.06. The Morgan fingerprint density at radius 2 is 2.05 bits per heavy atom. The van der Waals surface area contributed by atoms with E-state index in [0.29, 0.717) is 10.5 Å². The zero-order chi connectivity index (χ0) is 14.0. The van der Waals surface area contributed by atoms with Crippen molar-refractivity contribution < 1.29 is 4.39 Å². The molecule has 0 amide bonds. The van der Waals surface area contributed by atoms with Gasteiger partial charge in [-0.15, -0.1) is 0 Å². The third kappa shape index (κ3) is 2.66. The Morgan fingerprint density at radius 1 is 1.32 bits per heavy atom. The summed E-state index contributed by atoms with van der Waals surface area (Å²) in [6.45, 7) is 7.04. The number of nitrogens with zero attached hydrogens (tertiary/aromatic N) is 1. The van der Waals surface area contributed by atoms with Gasteiger partial charge in [-0.1, -0.05) is 25.4 Å². The zero-order valence-electron chi connectivity index (χ0n) is 11.5. The van der Waals surface area contributed by atoms with Crippen molar-refractivity contribution in [3.05, 3.63) is 34.2 Å². The number of hydrogen-bond donors (Lipinski definition) is 1. The number of rotatable bonds is 4. The molecule has 4 heteroatoms. The second kappa shape index (κ2) is 5.74. The van der Waals surface area contributed by atoms with Crippen molar-refractivity contribution in [2.45, 2.75) is 33.6 Å². The van der Waals surface area contributed by atoms with Crippen LogP contribution < -0.4 is 5.32 Å². The van der Waals surface area contributed by atoms with E-state index < -0.39 is 0 Å². The van der Waals surface area contributed by atoms with Gasteiger partial charge in [0.15, 0.2) is 0 Å². The van der Waals surface area contributed by atoms with Crippen LogP contribution >= 0.6 is 11.6 Å². The van der Waals surface area contributed by atoms with Crippen molar-refractivity contribution in [3.8, 4) is 0 Å². The number of aryl methyl sites for hydroxylation is 1. The number of halogens is 2. The number of pyridine rings is 1. The fraction of sp³-hybridized carbons (Fsp3) is 0.400. The van der Waals surface area contributed by atoms with Crippen LogP contribution in [0, 0.1) is 12.7 Å². The summed E-state index contributed by atoms with van der Waals surface area (Å²) in [5.41, 5.74) is 3.67. The summed E-state index contributed by atoms with van der Waals surface area (Å²) in [6.07, 6.45) is 1.83. The molecule has 0 fully saturated rings. The first-order valence-electron chi connectivity index (χ1n) is 6.60. The Bertz CT molecular complexity index is 611. The van der Waals surface area contributed by atoms with Gasteiger partial charge in [0.25, 0.3) is 0 Å². The summed E-state index contributed by atoms with van der Waals surface area (Å²) in [5.74, 6) is -0.350. The lowest BCUT2D eigenvalue weighted by molar-refractivity contribution is 0.629. The third-order valence-corrected chi connectivity index (χ3v) is 3.53. The van der Waals surface area contributed by atoms with Crippen molar-refractivity contribution in [1.82, 2.24) is 4.98 Å². The molecule has 1 N–H and O–H groups in total. The second-order valence-corrected chi connectivity index (χ2v) is 5.03. The Balaban J connectivity index is 2.75. The van der Waals surface area contributed by atoms with Gasteiger partial charge < -0.3 is 5.32 Å². The monoisotopic (exact) mass is 280 g/mol. The number of hydrogen-bond acceptors (Lipinski definition) is 2. The van der Waals surface area contributed by atoms with Crippen LogP contribution in [-0.4, -0.2) is 11.5 Å². The summed E-state index contributed by atoms with van der Waals surface area (Å²) < 4.78 is 13.5. The molecule has 2 rings (SSSR count). The molecule has 102 valence electrons. The molecule has 0 atom stereocenters. The van der Waals surface area contributed by atoms with E-state index in [2.05, 4.69) is 17.2 Å². The summed E-state index contributed by atoms with van der Waals surface area (Å²) in [7, 11) is 0. The topological polar surface area (TPSA) is 24.9 Å². The second-order valence-electron chi connectivity index (χ2n) is 4.62. The zero-order valence-corrected chi connectivity index (χ0v) is 12.2. The number of benzene rings is 1. The van der Waals surface area contributed by atoms with E-state index >= 15 is 0 Å². The van der Waals surface area contributed by atoms with E-state index in [1.807, 2.05) is 13.8 Å². The maximum absolute atomic E-state index is 13.5. The molecule has 0 aliphatic carbocycles. The smallest absolute Gasteiger partial charge is 0.126 e. The van der Waals surface area contributed by atoms with Crippen molar-refractivity contribution in [2.75, 3.05) is 11.9 Å². The van der Waals surface area contributed by atoms with E-state index in [0.717, 1.165) is 41.7 Å². The molecule has 0 radical (unpaired) electrons. The van der Waals surface area contributed by atoms with Crippen LogP contribution in [0.4, 0.5) is 10.1 Å². The maximum atomic E-state index is 13.5. The molecule has 0 aliphatic heterocycles. The number of anilines is 1. The predicted molar refractivity (Wildman–Crippen MR) is 79.6 cm³/mol. The fourth-order valence-corrected chi connectivity index (χ4v) is 2.57. The molecule has 19 heavy (non-hydrogen) atoms. The van der Waals surface area contributed by atoms with Crippen LogP contribution in [0.25, 0.3) is 10.9 Å². The molecule has 0 unspecified atom stereocenters. The first-order chi connectivity index (χ1) is 9.08. The average Bonchev–Trinajstić information content (AvgIpc) is 2.37. The molecule has 2 nitrogen and oxygen atoms in total. The molecule has 0 bridgehead atoms. The first-order valence-corrected chi connectivity index (χ1v) is 6.98. The third-order valence-electron chi connectivity index (χ3n) is 3.23. The molecule has 0 aliphatic rings. The van der Waals surface area contributed by atoms with E-state index in [-0.39, 0.29) is 5.82 Å². The van der Waals surface area contributed by atoms with Crippen molar-refractivity contribution in [2.24, 2.45) is 0 Å². The normalized spacial score (nSPS) is 11.0. The predicted octanol–water partition coefficient (Wildman–Crippen LogP) is 4.72. The molecular weight excluding hydrogens is 263 g/mol. The highest BCUT2D eigenvalue weighted by molar-refractivity contribution is 6.36. The van der Waals surface area contributed by atoms with Crippen LogP contribution in [0.3, 0.4) is 0 Å². The first kappa shape index (κ1) is 14.1. The molecule has 0 saturated carbocycles. The molecule has 1 aromatic heterocycles. The van der Waals surface area contributed by atoms with E-state index in [9.17, 15) is 4.39 Å². The van der Waals surface area contributed by atoms with E-state index in [1.54, 1.807) is 0 Å². The highest BCUT2D eigenvalue weighted by atomic mass is 35.5. The van der Waals surface area contributed by atoms with Crippen molar-refractivity contribution in [3.63, 3.8) is 0 Å². The van der Waals surface area contributed by atoms with Gasteiger partial charge in [-0.3, -0.25) is 4.98 Å². The van der Waals surface area contributed by atoms with Crippen LogP contribution in [0.5, 0.6) is 0 Å². The molecule has 1 heterocycles. The number of nitrogens with one attached hydrogen (secondary N) is 1. The van der Waals surface area contributed by atoms with Crippen molar-refractivity contribution in [1.29, 1.82) is 0 Å². The van der Waals surface area contributed by atoms with Crippen LogP contribution in [0.15, 0.2) is 12.1 Å². The van der Waals surface area contributed by atoms with Gasteiger partial charge in [0, 0.05) is 29.4 Å². The Morgan fingerprint density at radius 3 is 2.68 bits per heavy atom. The summed E-state index contributed by atoms with van der Waals surface area (Å²) in [6, 6.07) is 2.78. The molecular formula is C15H18ClFN2. The highest BCUT2D eigenvalue weighted by Crippen LogP contribution is 2.34. The van der Waals surface area contributed by atoms with Crippen molar-refractivity contribution >= 4 is 28.2 Å². The highest BCUT2D eigenvalue weighted by Gasteiger charge is 2.14. The fourth-order valence-electron chi connectivity index (χ4n) is 2.27. The van der Waals surface area contributed by atoms with Crippen LogP contribution in [0.1, 0.15) is 31.5 Å². The van der Waals surface area contributed by atoms with Gasteiger partial charge >= 0.3 is 0 Å². The minimum absolute atomic E-state index is 0.350. The Labute approximate surface area is 118 Å². The minimum Gasteiger partial charge on any atom is -0.384 e. The summed E-state index contributed by atoms with van der Waals surface area (Å²) in [5, 5.41) is 4.61. The lowest BCUT2D eigenvalue weighted by Gasteiger charge is -2.16. The van der Waals surface area contributed by atoms with E-state index in [4.69, 9.17) is 11.6 Å². The average molecular weight is 281 g/mol. The van der Waals surface area contributed by atoms with Gasteiger partial charge in [0.05, 0.1) is 10.5 Å². The van der Waals surface area contributed by atoms with Gasteiger partial charge in [-0.2, -0.15) is 0 Å². The van der Waals surface area contributed by atoms with Gasteiger partial charge in [0.2, 0.25) is 0 Å². The van der Waals surface area contributed by atoms with Gasteiger partial charge in [0.1, 0.15) is 5.82 Å². The SMILES string of the molecule is CCCNc1c(C)c(CC)nc2cc(F)cc(Cl)c12. The standard InChI is InChI=1S/C15H18ClFN2/c1-4-6-18-15-9(3)12(5-2)19-13-8-10(17)7-11(16)14(13)15/h7-8H,4-6H2,1-3H3,(H,18,19).